The van der Waals surface area contributed by atoms with Crippen LogP contribution in [0.15, 0.2) is 0 Å². The third kappa shape index (κ3) is 1.64. The monoisotopic (exact) mass is 222 g/mol. The fraction of sp³-hybridized carbons (Fsp3) is 0.818. The van der Waals surface area contributed by atoms with Crippen LogP contribution in [0.2, 0.25) is 0 Å². The third-order valence-electron chi connectivity index (χ3n) is 3.62. The first kappa shape index (κ1) is 10.2. The van der Waals surface area contributed by atoms with Gasteiger partial charge in [-0.2, -0.15) is 0 Å². The number of hydrogen-bond donors (Lipinski definition) is 1. The topological polar surface area (TPSA) is 52.0 Å². The second-order valence-corrected chi connectivity index (χ2v) is 4.64. The van der Waals surface area contributed by atoms with E-state index in [4.69, 9.17) is 4.74 Å². The first-order valence-electron chi connectivity index (χ1n) is 6.06. The summed E-state index contributed by atoms with van der Waals surface area (Å²) in [7, 11) is 1.77. The number of nitrogens with one attached hydrogen (secondary N) is 1. The molecule has 1 fully saturated rings. The van der Waals surface area contributed by atoms with Crippen LogP contribution in [-0.4, -0.2) is 34.5 Å². The largest absolute Gasteiger partial charge is 0.380 e. The molecule has 5 nitrogen and oxygen atoms in total. The number of aryl methyl sites for hydroxylation is 1. The lowest BCUT2D eigenvalue weighted by Gasteiger charge is -2.17. The highest BCUT2D eigenvalue weighted by Gasteiger charge is 2.30. The molecule has 2 atom stereocenters. The van der Waals surface area contributed by atoms with Crippen LogP contribution in [-0.2, 0) is 17.7 Å². The normalized spacial score (nSPS) is 29.3. The number of methoxy groups -OCH3 is 1. The molecule has 1 aromatic rings. The molecule has 1 aromatic heterocycles. The lowest BCUT2D eigenvalue weighted by molar-refractivity contribution is 0.117. The first-order chi connectivity index (χ1) is 7.88. The molecule has 0 amide bonds. The van der Waals surface area contributed by atoms with E-state index >= 15 is 0 Å². The van der Waals surface area contributed by atoms with Gasteiger partial charge in [-0.3, -0.25) is 0 Å². The Balaban J connectivity index is 1.82. The second-order valence-electron chi connectivity index (χ2n) is 4.64. The van der Waals surface area contributed by atoms with E-state index in [1.54, 1.807) is 7.11 Å². The molecule has 16 heavy (non-hydrogen) atoms. The van der Waals surface area contributed by atoms with Crippen molar-refractivity contribution in [2.75, 3.05) is 13.7 Å². The smallest absolute Gasteiger partial charge is 0.150 e. The maximum Gasteiger partial charge on any atom is 0.150 e. The quantitative estimate of drug-likeness (QED) is 0.799. The van der Waals surface area contributed by atoms with Crippen LogP contribution in [0.4, 0.5) is 0 Å². The predicted octanol–water partition coefficient (Wildman–Crippen LogP) is 0.664. The first-order valence-corrected chi connectivity index (χ1v) is 6.06. The van der Waals surface area contributed by atoms with Crippen LogP contribution in [0.1, 0.15) is 37.0 Å². The lowest BCUT2D eigenvalue weighted by Crippen LogP contribution is -2.21. The van der Waals surface area contributed by atoms with Crippen molar-refractivity contribution in [3.8, 4) is 0 Å². The minimum atomic E-state index is 0.321. The highest BCUT2D eigenvalue weighted by atomic mass is 16.5. The molecule has 2 aliphatic rings. The van der Waals surface area contributed by atoms with Crippen molar-refractivity contribution in [2.45, 2.75) is 44.4 Å². The van der Waals surface area contributed by atoms with E-state index < -0.39 is 0 Å². The van der Waals surface area contributed by atoms with E-state index in [9.17, 15) is 0 Å². The highest BCUT2D eigenvalue weighted by molar-refractivity contribution is 5.06. The molecular formula is C11H18N4O. The summed E-state index contributed by atoms with van der Waals surface area (Å²) in [6, 6.07) is 0.323. The molecule has 2 aliphatic heterocycles. The number of fused-ring (bicyclic) bond motifs is 1. The molecule has 1 N–H and O–H groups in total. The van der Waals surface area contributed by atoms with Crippen LogP contribution in [0.25, 0.3) is 0 Å². The van der Waals surface area contributed by atoms with E-state index in [1.165, 1.54) is 12.8 Å². The van der Waals surface area contributed by atoms with Crippen molar-refractivity contribution in [3.05, 3.63) is 11.6 Å². The van der Waals surface area contributed by atoms with Crippen molar-refractivity contribution in [1.82, 2.24) is 20.1 Å². The van der Waals surface area contributed by atoms with E-state index in [1.807, 2.05) is 0 Å². The molecule has 0 saturated carbocycles. The summed E-state index contributed by atoms with van der Waals surface area (Å²) in [5.74, 6) is 2.26. The Labute approximate surface area is 95.2 Å². The zero-order valence-corrected chi connectivity index (χ0v) is 9.65. The van der Waals surface area contributed by atoms with E-state index in [2.05, 4.69) is 20.1 Å². The minimum Gasteiger partial charge on any atom is -0.380 e. The summed E-state index contributed by atoms with van der Waals surface area (Å²) >= 11 is 0. The fourth-order valence-corrected chi connectivity index (χ4v) is 2.67. The fourth-order valence-electron chi connectivity index (χ4n) is 2.67. The van der Waals surface area contributed by atoms with Gasteiger partial charge in [-0.1, -0.05) is 0 Å². The van der Waals surface area contributed by atoms with E-state index in [0.29, 0.717) is 12.1 Å². The summed E-state index contributed by atoms with van der Waals surface area (Å²) < 4.78 is 7.65. The van der Waals surface area contributed by atoms with Crippen LogP contribution in [0.3, 0.4) is 0 Å². The van der Waals surface area contributed by atoms with Crippen molar-refractivity contribution >= 4 is 0 Å². The van der Waals surface area contributed by atoms with Crippen molar-refractivity contribution in [2.24, 2.45) is 0 Å². The average Bonchev–Trinajstić information content (AvgIpc) is 2.94. The number of ether oxygens (including phenoxy) is 1. The number of aromatic nitrogens is 3. The summed E-state index contributed by atoms with van der Waals surface area (Å²) in [4.78, 5) is 0. The zero-order chi connectivity index (χ0) is 11.0. The lowest BCUT2D eigenvalue weighted by atomic mass is 10.1. The summed E-state index contributed by atoms with van der Waals surface area (Å²) in [5, 5.41) is 12.1. The van der Waals surface area contributed by atoms with Gasteiger partial charge in [0.2, 0.25) is 0 Å². The van der Waals surface area contributed by atoms with Crippen LogP contribution >= 0.6 is 0 Å². The van der Waals surface area contributed by atoms with Gasteiger partial charge in [0, 0.05) is 26.6 Å². The molecule has 0 bridgehead atoms. The van der Waals surface area contributed by atoms with Gasteiger partial charge in [0.15, 0.2) is 0 Å². The standard InChI is InChI=1S/C11H18N4O/c1-16-8-6-9(12-7-8)11-14-13-10-4-2-3-5-15(10)11/h8-9,12H,2-7H2,1H3. The van der Waals surface area contributed by atoms with Gasteiger partial charge in [0.1, 0.15) is 11.6 Å². The van der Waals surface area contributed by atoms with Gasteiger partial charge in [0.25, 0.3) is 0 Å². The molecule has 0 radical (unpaired) electrons. The third-order valence-corrected chi connectivity index (χ3v) is 3.62. The number of rotatable bonds is 2. The van der Waals surface area contributed by atoms with Gasteiger partial charge >= 0.3 is 0 Å². The second kappa shape index (κ2) is 4.14. The molecule has 0 spiro atoms. The van der Waals surface area contributed by atoms with Gasteiger partial charge in [-0.25, -0.2) is 0 Å². The Morgan fingerprint density at radius 3 is 3.12 bits per heavy atom. The Morgan fingerprint density at radius 2 is 2.31 bits per heavy atom. The molecule has 1 saturated heterocycles. The Bertz CT molecular complexity index is 376. The number of nitrogens with zero attached hydrogens (tertiary/aromatic N) is 3. The highest BCUT2D eigenvalue weighted by Crippen LogP contribution is 2.26. The Morgan fingerprint density at radius 1 is 1.38 bits per heavy atom. The molecule has 0 aliphatic carbocycles. The minimum absolute atomic E-state index is 0.321. The van der Waals surface area contributed by atoms with E-state index in [0.717, 1.165) is 37.6 Å². The average molecular weight is 222 g/mol. The Kier molecular flexibility index (Phi) is 2.65. The van der Waals surface area contributed by atoms with Gasteiger partial charge in [-0.15, -0.1) is 10.2 Å². The maximum atomic E-state index is 5.36. The number of hydrogen-bond acceptors (Lipinski definition) is 4. The summed E-state index contributed by atoms with van der Waals surface area (Å²) in [6.07, 6.45) is 4.90. The molecule has 5 heteroatoms. The molecule has 3 rings (SSSR count). The van der Waals surface area contributed by atoms with Crippen molar-refractivity contribution in [3.63, 3.8) is 0 Å². The zero-order valence-electron chi connectivity index (χ0n) is 9.65. The van der Waals surface area contributed by atoms with Gasteiger partial charge in [-0.05, 0) is 19.3 Å². The van der Waals surface area contributed by atoms with Gasteiger partial charge in [0.05, 0.1) is 12.1 Å². The van der Waals surface area contributed by atoms with Crippen LogP contribution in [0, 0.1) is 0 Å². The van der Waals surface area contributed by atoms with Crippen LogP contribution < -0.4 is 5.32 Å². The molecule has 88 valence electrons. The van der Waals surface area contributed by atoms with E-state index in [-0.39, 0.29) is 0 Å². The molecular weight excluding hydrogens is 204 g/mol. The Hall–Kier alpha value is -0.940. The maximum absolute atomic E-state index is 5.36. The van der Waals surface area contributed by atoms with Crippen molar-refractivity contribution in [1.29, 1.82) is 0 Å². The summed E-state index contributed by atoms with van der Waals surface area (Å²) in [6.45, 7) is 2.00. The molecule has 2 unspecified atom stereocenters. The SMILES string of the molecule is COC1CNC(c2nnc3n2CCCC3)C1. The van der Waals surface area contributed by atoms with Crippen LogP contribution in [0.5, 0.6) is 0 Å². The van der Waals surface area contributed by atoms with Crippen molar-refractivity contribution < 1.29 is 4.74 Å². The van der Waals surface area contributed by atoms with Gasteiger partial charge < -0.3 is 14.6 Å². The predicted molar refractivity (Wildman–Crippen MR) is 59.1 cm³/mol. The molecule has 3 heterocycles. The summed E-state index contributed by atoms with van der Waals surface area (Å²) in [5.41, 5.74) is 0. The molecule has 0 aromatic carbocycles.